The summed E-state index contributed by atoms with van der Waals surface area (Å²) in [6.45, 7) is 5.04. The van der Waals surface area contributed by atoms with Crippen molar-refractivity contribution >= 4 is 11.8 Å². The number of carbonyl (C=O) groups is 2. The van der Waals surface area contributed by atoms with E-state index in [1.165, 1.54) is 11.1 Å². The second-order valence-corrected chi connectivity index (χ2v) is 8.11. The summed E-state index contributed by atoms with van der Waals surface area (Å²) in [5, 5.41) is 3.24. The highest BCUT2D eigenvalue weighted by atomic mass is 16.2. The molecule has 1 fully saturated rings. The topological polar surface area (TPSA) is 52.7 Å². The monoisotopic (exact) mass is 391 g/mol. The molecule has 0 saturated carbocycles. The van der Waals surface area contributed by atoms with Crippen LogP contribution in [0, 0.1) is 0 Å². The molecule has 152 valence electrons. The molecule has 2 aromatic rings. The summed E-state index contributed by atoms with van der Waals surface area (Å²) in [5.41, 5.74) is 3.46. The van der Waals surface area contributed by atoms with Crippen LogP contribution in [0.25, 0.3) is 0 Å². The molecule has 0 aliphatic carbocycles. The van der Waals surface area contributed by atoms with Crippen molar-refractivity contribution in [2.45, 2.75) is 44.8 Å². The molecule has 2 amide bonds. The predicted molar refractivity (Wildman–Crippen MR) is 113 cm³/mol. The van der Waals surface area contributed by atoms with E-state index in [1.54, 1.807) is 11.8 Å². The van der Waals surface area contributed by atoms with E-state index in [2.05, 4.69) is 40.5 Å². The lowest BCUT2D eigenvalue weighted by Gasteiger charge is -2.38. The average Bonchev–Trinajstić information content (AvgIpc) is 2.75. The van der Waals surface area contributed by atoms with Crippen LogP contribution in [0.2, 0.25) is 0 Å². The molecule has 2 aliphatic heterocycles. The number of nitrogens with one attached hydrogen (secondary N) is 1. The first-order chi connectivity index (χ1) is 14.1. The number of benzene rings is 2. The Morgan fingerprint density at radius 2 is 1.66 bits per heavy atom. The highest BCUT2D eigenvalue weighted by Crippen LogP contribution is 2.30. The number of piperidine rings is 1. The molecule has 29 heavy (non-hydrogen) atoms. The molecule has 2 aliphatic rings. The smallest absolute Gasteiger partial charge is 0.247 e. The molecule has 5 nitrogen and oxygen atoms in total. The maximum Gasteiger partial charge on any atom is 0.247 e. The Kier molecular flexibility index (Phi) is 5.95. The molecular weight excluding hydrogens is 362 g/mol. The predicted octanol–water partition coefficient (Wildman–Crippen LogP) is 2.91. The molecule has 0 radical (unpaired) electrons. The number of amides is 2. The van der Waals surface area contributed by atoms with Gasteiger partial charge in [-0.1, -0.05) is 54.6 Å². The third-order valence-corrected chi connectivity index (χ3v) is 6.12. The van der Waals surface area contributed by atoms with Gasteiger partial charge in [0.15, 0.2) is 0 Å². The van der Waals surface area contributed by atoms with Crippen LogP contribution >= 0.6 is 0 Å². The quantitative estimate of drug-likeness (QED) is 0.872. The van der Waals surface area contributed by atoms with E-state index >= 15 is 0 Å². The van der Waals surface area contributed by atoms with Crippen LogP contribution in [0.4, 0.5) is 0 Å². The van der Waals surface area contributed by atoms with Gasteiger partial charge in [0, 0.05) is 39.1 Å². The number of carbonyl (C=O) groups excluding carboxylic acids is 2. The lowest BCUT2D eigenvalue weighted by atomic mass is 9.91. The van der Waals surface area contributed by atoms with Crippen molar-refractivity contribution in [3.63, 3.8) is 0 Å². The highest BCUT2D eigenvalue weighted by molar-refractivity contribution is 5.89. The van der Waals surface area contributed by atoms with Crippen molar-refractivity contribution in [1.29, 1.82) is 0 Å². The molecule has 1 saturated heterocycles. The van der Waals surface area contributed by atoms with Gasteiger partial charge in [0.25, 0.3) is 0 Å². The number of nitrogens with zero attached hydrogens (tertiary/aromatic N) is 2. The number of likely N-dealkylation sites (tertiary alicyclic amines) is 1. The van der Waals surface area contributed by atoms with Crippen LogP contribution in [0.3, 0.4) is 0 Å². The summed E-state index contributed by atoms with van der Waals surface area (Å²) in [5.74, 6) is -0.0915. The summed E-state index contributed by atoms with van der Waals surface area (Å²) in [7, 11) is 0. The van der Waals surface area contributed by atoms with Crippen LogP contribution in [0.5, 0.6) is 0 Å². The van der Waals surface area contributed by atoms with Crippen LogP contribution in [0.1, 0.15) is 42.5 Å². The maximum absolute atomic E-state index is 13.2. The zero-order valence-corrected chi connectivity index (χ0v) is 17.0. The SMILES string of the molecule is CC(=O)N1CCc2ccccc2[C@H]1C(=O)NC1CCN(Cc2ccccc2)CC1. The Balaban J connectivity index is 1.38. The summed E-state index contributed by atoms with van der Waals surface area (Å²) in [4.78, 5) is 29.5. The Labute approximate surface area is 172 Å². The van der Waals surface area contributed by atoms with Crippen molar-refractivity contribution in [1.82, 2.24) is 15.1 Å². The largest absolute Gasteiger partial charge is 0.351 e. The van der Waals surface area contributed by atoms with E-state index in [0.717, 1.165) is 44.5 Å². The lowest BCUT2D eigenvalue weighted by molar-refractivity contribution is -0.140. The van der Waals surface area contributed by atoms with Crippen molar-refractivity contribution in [2.75, 3.05) is 19.6 Å². The third-order valence-electron chi connectivity index (χ3n) is 6.12. The van der Waals surface area contributed by atoms with Gasteiger partial charge >= 0.3 is 0 Å². The van der Waals surface area contributed by atoms with Gasteiger partial charge in [-0.3, -0.25) is 14.5 Å². The zero-order chi connectivity index (χ0) is 20.2. The summed E-state index contributed by atoms with van der Waals surface area (Å²) in [6, 6.07) is 18.2. The van der Waals surface area contributed by atoms with Gasteiger partial charge in [-0.15, -0.1) is 0 Å². The van der Waals surface area contributed by atoms with Crippen molar-refractivity contribution in [3.8, 4) is 0 Å². The second-order valence-electron chi connectivity index (χ2n) is 8.11. The molecule has 1 atom stereocenters. The van der Waals surface area contributed by atoms with Crippen molar-refractivity contribution < 1.29 is 9.59 Å². The first-order valence-electron chi connectivity index (χ1n) is 10.5. The van der Waals surface area contributed by atoms with Gasteiger partial charge in [0.1, 0.15) is 6.04 Å². The maximum atomic E-state index is 13.2. The van der Waals surface area contributed by atoms with Crippen molar-refractivity contribution in [2.24, 2.45) is 0 Å². The fraction of sp³-hybridized carbons (Fsp3) is 0.417. The number of hydrogen-bond donors (Lipinski definition) is 1. The van der Waals surface area contributed by atoms with E-state index in [1.807, 2.05) is 24.3 Å². The molecule has 2 aromatic carbocycles. The van der Waals surface area contributed by atoms with E-state index in [9.17, 15) is 9.59 Å². The first-order valence-corrected chi connectivity index (χ1v) is 10.5. The van der Waals surface area contributed by atoms with Gasteiger partial charge in [0.2, 0.25) is 11.8 Å². The Morgan fingerprint density at radius 1 is 0.966 bits per heavy atom. The Hall–Kier alpha value is -2.66. The molecule has 0 bridgehead atoms. The van der Waals surface area contributed by atoms with E-state index in [-0.39, 0.29) is 17.9 Å². The summed E-state index contributed by atoms with van der Waals surface area (Å²) >= 11 is 0. The molecule has 4 rings (SSSR count). The van der Waals surface area contributed by atoms with Gasteiger partial charge in [0.05, 0.1) is 0 Å². The van der Waals surface area contributed by atoms with Crippen LogP contribution < -0.4 is 5.32 Å². The lowest BCUT2D eigenvalue weighted by Crippen LogP contribution is -2.51. The van der Waals surface area contributed by atoms with Gasteiger partial charge < -0.3 is 10.2 Å². The highest BCUT2D eigenvalue weighted by Gasteiger charge is 2.35. The molecule has 1 N–H and O–H groups in total. The van der Waals surface area contributed by atoms with Gasteiger partial charge in [-0.05, 0) is 36.0 Å². The summed E-state index contributed by atoms with van der Waals surface area (Å²) in [6.07, 6.45) is 2.68. The van der Waals surface area contributed by atoms with Crippen LogP contribution in [-0.4, -0.2) is 47.3 Å². The van der Waals surface area contributed by atoms with E-state index < -0.39 is 6.04 Å². The minimum atomic E-state index is -0.514. The molecule has 0 spiro atoms. The van der Waals surface area contributed by atoms with E-state index in [4.69, 9.17) is 0 Å². The molecule has 2 heterocycles. The number of hydrogen-bond acceptors (Lipinski definition) is 3. The fourth-order valence-corrected chi connectivity index (χ4v) is 4.55. The number of fused-ring (bicyclic) bond motifs is 1. The Morgan fingerprint density at radius 3 is 2.38 bits per heavy atom. The molecule has 0 unspecified atom stereocenters. The van der Waals surface area contributed by atoms with Crippen LogP contribution in [-0.2, 0) is 22.6 Å². The van der Waals surface area contributed by atoms with Crippen molar-refractivity contribution in [3.05, 3.63) is 71.3 Å². The summed E-state index contributed by atoms with van der Waals surface area (Å²) < 4.78 is 0. The minimum Gasteiger partial charge on any atom is -0.351 e. The Bertz CT molecular complexity index is 859. The first kappa shape index (κ1) is 19.6. The molecule has 0 aromatic heterocycles. The third kappa shape index (κ3) is 4.51. The van der Waals surface area contributed by atoms with Crippen LogP contribution in [0.15, 0.2) is 54.6 Å². The minimum absolute atomic E-state index is 0.0441. The van der Waals surface area contributed by atoms with Gasteiger partial charge in [-0.25, -0.2) is 0 Å². The molecular formula is C24H29N3O2. The fourth-order valence-electron chi connectivity index (χ4n) is 4.55. The number of rotatable bonds is 4. The zero-order valence-electron chi connectivity index (χ0n) is 17.0. The standard InChI is InChI=1S/C24H29N3O2/c1-18(28)27-16-11-20-9-5-6-10-22(20)23(27)24(29)25-21-12-14-26(15-13-21)17-19-7-3-2-4-8-19/h2-10,21,23H,11-17H2,1H3,(H,25,29)/t23-/m0/s1. The average molecular weight is 392 g/mol. The molecule has 5 heteroatoms. The van der Waals surface area contributed by atoms with Gasteiger partial charge in [-0.2, -0.15) is 0 Å². The normalized spacial score (nSPS) is 20.2. The second kappa shape index (κ2) is 8.78. The van der Waals surface area contributed by atoms with E-state index in [0.29, 0.717) is 6.54 Å².